The summed E-state index contributed by atoms with van der Waals surface area (Å²) >= 11 is 1.41. The third kappa shape index (κ3) is 6.77. The monoisotopic (exact) mass is 590 g/mol. The summed E-state index contributed by atoms with van der Waals surface area (Å²) in [4.78, 5) is 15.3. The number of hydrogen-bond donors (Lipinski definition) is 2. The average Bonchev–Trinajstić information content (AvgIpc) is 3.34. The third-order valence-corrected chi connectivity index (χ3v) is 8.56. The molecule has 0 saturated heterocycles. The van der Waals surface area contributed by atoms with Crippen molar-refractivity contribution in [2.75, 3.05) is 37.2 Å². The van der Waals surface area contributed by atoms with Crippen LogP contribution in [-0.2, 0) is 10.0 Å². The summed E-state index contributed by atoms with van der Waals surface area (Å²) in [7, 11) is -0.781. The van der Waals surface area contributed by atoms with Crippen LogP contribution in [0.25, 0.3) is 21.8 Å². The van der Waals surface area contributed by atoms with Crippen LogP contribution in [0.2, 0.25) is 0 Å². The highest BCUT2D eigenvalue weighted by atomic mass is 32.2. The van der Waals surface area contributed by atoms with Crippen LogP contribution >= 0.6 is 11.3 Å². The van der Waals surface area contributed by atoms with Crippen molar-refractivity contribution in [2.45, 2.75) is 31.1 Å². The molecular weight excluding hydrogens is 561 g/mol. The van der Waals surface area contributed by atoms with Crippen molar-refractivity contribution < 1.29 is 21.6 Å². The van der Waals surface area contributed by atoms with Crippen molar-refractivity contribution in [2.24, 2.45) is 0 Å². The second-order valence-electron chi connectivity index (χ2n) is 9.58. The quantitative estimate of drug-likeness (QED) is 0.208. The van der Waals surface area contributed by atoms with Gasteiger partial charge in [0.15, 0.2) is 4.90 Å². The highest BCUT2D eigenvalue weighted by Gasteiger charge is 2.26. The highest BCUT2D eigenvalue weighted by Crippen LogP contribution is 2.39. The van der Waals surface area contributed by atoms with Crippen LogP contribution < -0.4 is 10.0 Å². The summed E-state index contributed by atoms with van der Waals surface area (Å²) in [6.07, 6.45) is 2.53. The second kappa shape index (κ2) is 12.3. The van der Waals surface area contributed by atoms with Gasteiger partial charge in [0.05, 0.1) is 27.0 Å². The Morgan fingerprint density at radius 3 is 2.40 bits per heavy atom. The predicted molar refractivity (Wildman–Crippen MR) is 151 cm³/mol. The molecule has 0 aliphatic rings. The minimum absolute atomic E-state index is 0.0745. The van der Waals surface area contributed by atoms with Crippen molar-refractivity contribution >= 4 is 33.0 Å². The summed E-state index contributed by atoms with van der Waals surface area (Å²) < 4.78 is 70.8. The van der Waals surface area contributed by atoms with Gasteiger partial charge in [0.1, 0.15) is 17.5 Å². The fourth-order valence-corrected chi connectivity index (χ4v) is 6.06. The zero-order valence-corrected chi connectivity index (χ0v) is 24.0. The van der Waals surface area contributed by atoms with E-state index in [1.165, 1.54) is 23.5 Å². The van der Waals surface area contributed by atoms with Gasteiger partial charge in [-0.05, 0) is 63.5 Å². The molecule has 0 fully saturated rings. The molecule has 40 heavy (non-hydrogen) atoms. The van der Waals surface area contributed by atoms with Gasteiger partial charge in [0, 0.05) is 24.2 Å². The van der Waals surface area contributed by atoms with Crippen LogP contribution in [0.1, 0.15) is 31.2 Å². The van der Waals surface area contributed by atoms with E-state index in [9.17, 15) is 21.6 Å². The maximum Gasteiger partial charge on any atom is 0.267 e. The van der Waals surface area contributed by atoms with Gasteiger partial charge in [-0.25, -0.2) is 36.5 Å². The number of anilines is 2. The van der Waals surface area contributed by atoms with Gasteiger partial charge < -0.3 is 10.2 Å². The lowest BCUT2D eigenvalue weighted by molar-refractivity contribution is 0.405. The molecule has 0 spiro atoms. The zero-order chi connectivity index (χ0) is 29.0. The summed E-state index contributed by atoms with van der Waals surface area (Å²) in [5, 5.41) is 4.01. The van der Waals surface area contributed by atoms with Gasteiger partial charge in [0.2, 0.25) is 5.95 Å². The lowest BCUT2D eigenvalue weighted by Crippen LogP contribution is -2.17. The number of rotatable bonds is 11. The van der Waals surface area contributed by atoms with Crippen molar-refractivity contribution in [1.82, 2.24) is 19.9 Å². The number of benzene rings is 2. The van der Waals surface area contributed by atoms with E-state index in [1.54, 1.807) is 12.3 Å². The van der Waals surface area contributed by atoms with Gasteiger partial charge in [-0.3, -0.25) is 4.72 Å². The van der Waals surface area contributed by atoms with Gasteiger partial charge >= 0.3 is 0 Å². The molecule has 13 heteroatoms. The fourth-order valence-electron chi connectivity index (χ4n) is 3.80. The van der Waals surface area contributed by atoms with Gasteiger partial charge in [0.25, 0.3) is 10.0 Å². The summed E-state index contributed by atoms with van der Waals surface area (Å²) in [5.41, 5.74) is 0.967. The topological polar surface area (TPSA) is 100 Å². The van der Waals surface area contributed by atoms with Gasteiger partial charge in [-0.15, -0.1) is 11.3 Å². The fraction of sp³-hybridized carbons (Fsp3) is 0.296. The second-order valence-corrected chi connectivity index (χ2v) is 12.2. The van der Waals surface area contributed by atoms with E-state index < -0.39 is 38.1 Å². The first kappa shape index (κ1) is 29.4. The molecule has 0 atom stereocenters. The molecule has 0 amide bonds. The molecule has 0 bridgehead atoms. The van der Waals surface area contributed by atoms with E-state index in [2.05, 4.69) is 20.2 Å². The molecule has 0 aliphatic carbocycles. The molecule has 0 saturated carbocycles. The SMILES string of the molecule is CC(C)c1nc(-c2ccc(F)c(NS(=O)(=O)c3c(F)cccc3F)c2)c(-c2ccnc(NCCCN(C)C)n2)s1. The number of sulfonamides is 1. The number of aromatic nitrogens is 3. The maximum atomic E-state index is 14.8. The van der Waals surface area contributed by atoms with E-state index in [-0.39, 0.29) is 5.92 Å². The molecule has 0 aliphatic heterocycles. The Labute approximate surface area is 235 Å². The molecule has 8 nitrogen and oxygen atoms in total. The number of nitrogens with zero attached hydrogens (tertiary/aromatic N) is 4. The predicted octanol–water partition coefficient (Wildman–Crippen LogP) is 5.97. The van der Waals surface area contributed by atoms with Crippen LogP contribution in [-0.4, -0.2) is 55.5 Å². The lowest BCUT2D eigenvalue weighted by atomic mass is 10.1. The average molecular weight is 591 g/mol. The number of hydrogen-bond acceptors (Lipinski definition) is 8. The summed E-state index contributed by atoms with van der Waals surface area (Å²) in [5.74, 6) is -2.98. The molecule has 2 N–H and O–H groups in total. The Balaban J connectivity index is 1.71. The Morgan fingerprint density at radius 2 is 1.73 bits per heavy atom. The Hall–Kier alpha value is -3.55. The maximum absolute atomic E-state index is 14.8. The smallest absolute Gasteiger partial charge is 0.267 e. The van der Waals surface area contributed by atoms with E-state index in [4.69, 9.17) is 4.98 Å². The minimum Gasteiger partial charge on any atom is -0.354 e. The van der Waals surface area contributed by atoms with Crippen LogP contribution in [0, 0.1) is 17.5 Å². The van der Waals surface area contributed by atoms with Crippen LogP contribution in [0.5, 0.6) is 0 Å². The Bertz CT molecular complexity index is 1590. The van der Waals surface area contributed by atoms with Crippen molar-refractivity contribution in [1.29, 1.82) is 0 Å². The normalized spacial score (nSPS) is 11.8. The summed E-state index contributed by atoms with van der Waals surface area (Å²) in [6.45, 7) is 5.55. The Morgan fingerprint density at radius 1 is 1.00 bits per heavy atom. The molecule has 4 aromatic rings. The number of halogens is 3. The molecule has 0 unspecified atom stereocenters. The molecule has 212 valence electrons. The van der Waals surface area contributed by atoms with E-state index in [0.29, 0.717) is 34.3 Å². The Kier molecular flexibility index (Phi) is 9.06. The number of thiazole rings is 1. The minimum atomic E-state index is -4.78. The molecule has 2 aromatic heterocycles. The van der Waals surface area contributed by atoms with Crippen molar-refractivity contribution in [3.63, 3.8) is 0 Å². The van der Waals surface area contributed by atoms with E-state index in [1.807, 2.05) is 32.7 Å². The molecule has 0 radical (unpaired) electrons. The van der Waals surface area contributed by atoms with Crippen molar-refractivity contribution in [3.8, 4) is 21.8 Å². The first-order valence-electron chi connectivity index (χ1n) is 12.5. The molecule has 4 rings (SSSR count). The molecule has 2 aromatic carbocycles. The van der Waals surface area contributed by atoms with E-state index >= 15 is 0 Å². The van der Waals surface area contributed by atoms with Gasteiger partial charge in [-0.1, -0.05) is 19.9 Å². The molecular formula is C27H29F3N6O2S2. The highest BCUT2D eigenvalue weighted by molar-refractivity contribution is 7.92. The first-order chi connectivity index (χ1) is 19.0. The first-order valence-corrected chi connectivity index (χ1v) is 14.8. The van der Waals surface area contributed by atoms with Crippen LogP contribution in [0.3, 0.4) is 0 Å². The zero-order valence-electron chi connectivity index (χ0n) is 22.4. The van der Waals surface area contributed by atoms with Crippen LogP contribution in [0.15, 0.2) is 53.6 Å². The third-order valence-electron chi connectivity index (χ3n) is 5.76. The molecule has 2 heterocycles. The lowest BCUT2D eigenvalue weighted by Gasteiger charge is -2.12. The van der Waals surface area contributed by atoms with E-state index in [0.717, 1.165) is 42.2 Å². The standard InChI is InChI=1S/C27H29F3N6O2S2/c1-16(2)26-34-23(24(39-26)21-11-13-32-27(33-21)31-12-6-14-36(3)4)17-9-10-18(28)22(15-17)35-40(37,38)25-19(29)7-5-8-20(25)30/h5,7-11,13,15-16,35H,6,12,14H2,1-4H3,(H,31,32,33). The largest absolute Gasteiger partial charge is 0.354 e. The van der Waals surface area contributed by atoms with Crippen molar-refractivity contribution in [3.05, 3.63) is 71.1 Å². The van der Waals surface area contributed by atoms with Crippen LogP contribution in [0.4, 0.5) is 24.8 Å². The number of nitrogens with one attached hydrogen (secondary N) is 2. The summed E-state index contributed by atoms with van der Waals surface area (Å²) in [6, 6.07) is 8.18. The van der Waals surface area contributed by atoms with Gasteiger partial charge in [-0.2, -0.15) is 0 Å².